The highest BCUT2D eigenvalue weighted by molar-refractivity contribution is 5.91. The Labute approximate surface area is 152 Å². The van der Waals surface area contributed by atoms with Crippen LogP contribution in [-0.4, -0.2) is 25.2 Å². The first-order valence-corrected chi connectivity index (χ1v) is 8.69. The molecule has 5 nitrogen and oxygen atoms in total. The molecule has 2 aromatic carbocycles. The first-order chi connectivity index (χ1) is 12.4. The van der Waals surface area contributed by atoms with Crippen molar-refractivity contribution in [2.24, 2.45) is 0 Å². The van der Waals surface area contributed by atoms with E-state index in [1.54, 1.807) is 50.2 Å². The molecule has 0 bridgehead atoms. The van der Waals surface area contributed by atoms with Gasteiger partial charge in [0.15, 0.2) is 0 Å². The van der Waals surface area contributed by atoms with Gasteiger partial charge in [-0.25, -0.2) is 9.59 Å². The highest BCUT2D eigenvalue weighted by Gasteiger charge is 2.35. The molecule has 26 heavy (non-hydrogen) atoms. The summed E-state index contributed by atoms with van der Waals surface area (Å²) in [4.78, 5) is 24.2. The molecular weight excluding hydrogens is 332 g/mol. The van der Waals surface area contributed by atoms with Gasteiger partial charge in [0.25, 0.3) is 0 Å². The zero-order valence-corrected chi connectivity index (χ0v) is 15.4. The molecule has 0 saturated heterocycles. The predicted octanol–water partition coefficient (Wildman–Crippen LogP) is 4.47. The van der Waals surface area contributed by atoms with Crippen LogP contribution in [0.15, 0.2) is 36.4 Å². The average Bonchev–Trinajstić information content (AvgIpc) is 2.62. The van der Waals surface area contributed by atoms with Crippen molar-refractivity contribution in [3.63, 3.8) is 0 Å². The summed E-state index contributed by atoms with van der Waals surface area (Å²) >= 11 is 0. The second kappa shape index (κ2) is 6.83. The summed E-state index contributed by atoms with van der Waals surface area (Å²) < 4.78 is 16.2. The predicted molar refractivity (Wildman–Crippen MR) is 97.0 cm³/mol. The van der Waals surface area contributed by atoms with E-state index >= 15 is 0 Å². The van der Waals surface area contributed by atoms with E-state index in [-0.39, 0.29) is 11.9 Å². The number of rotatable bonds is 4. The van der Waals surface area contributed by atoms with Gasteiger partial charge in [0.1, 0.15) is 11.5 Å². The summed E-state index contributed by atoms with van der Waals surface area (Å²) in [7, 11) is 0. The SMILES string of the molecule is CCOC(=O)c1ccc2c(c1)C(C)(C)c1cc(C(=O)OCC)ccc1O2. The summed E-state index contributed by atoms with van der Waals surface area (Å²) in [6, 6.07) is 10.6. The van der Waals surface area contributed by atoms with Crippen molar-refractivity contribution in [2.45, 2.75) is 33.1 Å². The quantitative estimate of drug-likeness (QED) is 0.758. The number of hydrogen-bond donors (Lipinski definition) is 0. The number of esters is 2. The Bertz CT molecular complexity index is 797. The zero-order valence-electron chi connectivity index (χ0n) is 15.4. The fourth-order valence-electron chi connectivity index (χ4n) is 3.16. The van der Waals surface area contributed by atoms with Gasteiger partial charge in [-0.2, -0.15) is 0 Å². The molecule has 2 aromatic rings. The molecule has 1 heterocycles. The van der Waals surface area contributed by atoms with Gasteiger partial charge in [-0.3, -0.25) is 0 Å². The van der Waals surface area contributed by atoms with Crippen LogP contribution in [0.5, 0.6) is 11.5 Å². The van der Waals surface area contributed by atoms with E-state index in [4.69, 9.17) is 14.2 Å². The molecular formula is C21H22O5. The third-order valence-corrected chi connectivity index (χ3v) is 4.55. The van der Waals surface area contributed by atoms with Crippen LogP contribution in [0.25, 0.3) is 0 Å². The fraction of sp³-hybridized carbons (Fsp3) is 0.333. The van der Waals surface area contributed by atoms with Gasteiger partial charge in [0, 0.05) is 16.5 Å². The van der Waals surface area contributed by atoms with E-state index in [9.17, 15) is 9.59 Å². The average molecular weight is 354 g/mol. The van der Waals surface area contributed by atoms with Crippen LogP contribution in [-0.2, 0) is 14.9 Å². The molecule has 0 fully saturated rings. The van der Waals surface area contributed by atoms with Crippen molar-refractivity contribution in [1.82, 2.24) is 0 Å². The largest absolute Gasteiger partial charge is 0.462 e. The molecule has 0 unspecified atom stereocenters. The summed E-state index contributed by atoms with van der Waals surface area (Å²) in [6.45, 7) is 8.27. The van der Waals surface area contributed by atoms with Crippen LogP contribution in [0.4, 0.5) is 0 Å². The lowest BCUT2D eigenvalue weighted by atomic mass is 9.75. The number of benzene rings is 2. The highest BCUT2D eigenvalue weighted by atomic mass is 16.5. The minimum Gasteiger partial charge on any atom is -0.462 e. The Kier molecular flexibility index (Phi) is 4.72. The smallest absolute Gasteiger partial charge is 0.338 e. The molecule has 136 valence electrons. The summed E-state index contributed by atoms with van der Waals surface area (Å²) in [6.07, 6.45) is 0. The van der Waals surface area contributed by atoms with Crippen molar-refractivity contribution >= 4 is 11.9 Å². The molecule has 5 heteroatoms. The van der Waals surface area contributed by atoms with Crippen molar-refractivity contribution in [3.8, 4) is 11.5 Å². The minimum atomic E-state index is -0.450. The van der Waals surface area contributed by atoms with Crippen molar-refractivity contribution < 1.29 is 23.8 Å². The fourth-order valence-corrected chi connectivity index (χ4v) is 3.16. The summed E-state index contributed by atoms with van der Waals surface area (Å²) in [5.74, 6) is 0.660. The van der Waals surface area contributed by atoms with Crippen LogP contribution in [0.1, 0.15) is 59.5 Å². The van der Waals surface area contributed by atoms with E-state index < -0.39 is 5.41 Å². The Morgan fingerprint density at radius 3 is 1.65 bits per heavy atom. The Morgan fingerprint density at radius 2 is 1.27 bits per heavy atom. The second-order valence-electron chi connectivity index (χ2n) is 6.59. The second-order valence-corrected chi connectivity index (χ2v) is 6.59. The van der Waals surface area contributed by atoms with Gasteiger partial charge in [-0.15, -0.1) is 0 Å². The van der Waals surface area contributed by atoms with E-state index in [0.717, 1.165) is 11.1 Å². The van der Waals surface area contributed by atoms with E-state index in [0.29, 0.717) is 35.8 Å². The third kappa shape index (κ3) is 3.05. The molecule has 0 aromatic heterocycles. The molecule has 0 aliphatic carbocycles. The van der Waals surface area contributed by atoms with Crippen LogP contribution in [0.3, 0.4) is 0 Å². The monoisotopic (exact) mass is 354 g/mol. The number of carbonyl (C=O) groups excluding carboxylic acids is 2. The molecule has 0 N–H and O–H groups in total. The molecule has 3 rings (SSSR count). The normalized spacial score (nSPS) is 13.8. The molecule has 0 radical (unpaired) electrons. The van der Waals surface area contributed by atoms with Gasteiger partial charge in [0.05, 0.1) is 24.3 Å². The molecule has 0 amide bonds. The van der Waals surface area contributed by atoms with Gasteiger partial charge in [-0.1, -0.05) is 13.8 Å². The van der Waals surface area contributed by atoms with Crippen LogP contribution >= 0.6 is 0 Å². The summed E-state index contributed by atoms with van der Waals surface area (Å²) in [5, 5.41) is 0. The van der Waals surface area contributed by atoms with Crippen LogP contribution < -0.4 is 4.74 Å². The van der Waals surface area contributed by atoms with Gasteiger partial charge < -0.3 is 14.2 Å². The molecule has 0 atom stereocenters. The zero-order chi connectivity index (χ0) is 18.9. The molecule has 1 aliphatic rings. The lowest BCUT2D eigenvalue weighted by molar-refractivity contribution is 0.0517. The molecule has 0 spiro atoms. The lowest BCUT2D eigenvalue weighted by Gasteiger charge is -2.35. The summed E-state index contributed by atoms with van der Waals surface area (Å²) in [5.41, 5.74) is 2.25. The van der Waals surface area contributed by atoms with Crippen molar-refractivity contribution in [1.29, 1.82) is 0 Å². The Balaban J connectivity index is 2.05. The minimum absolute atomic E-state index is 0.321. The van der Waals surface area contributed by atoms with Gasteiger partial charge in [0.2, 0.25) is 0 Å². The van der Waals surface area contributed by atoms with Crippen LogP contribution in [0.2, 0.25) is 0 Å². The third-order valence-electron chi connectivity index (χ3n) is 4.55. The topological polar surface area (TPSA) is 61.8 Å². The highest BCUT2D eigenvalue weighted by Crippen LogP contribution is 2.48. The van der Waals surface area contributed by atoms with Gasteiger partial charge in [-0.05, 0) is 50.2 Å². The molecule has 0 saturated carbocycles. The number of ether oxygens (including phenoxy) is 3. The van der Waals surface area contributed by atoms with Crippen LogP contribution in [0, 0.1) is 0 Å². The standard InChI is InChI=1S/C21H22O5/c1-5-24-19(22)13-7-9-17-15(11-13)21(3,4)16-12-14(20(23)25-6-2)8-10-18(16)26-17/h7-12H,5-6H2,1-4H3. The first kappa shape index (κ1) is 18.0. The Hall–Kier alpha value is -2.82. The molecule has 1 aliphatic heterocycles. The lowest BCUT2D eigenvalue weighted by Crippen LogP contribution is -2.25. The first-order valence-electron chi connectivity index (χ1n) is 8.69. The van der Waals surface area contributed by atoms with Crippen molar-refractivity contribution in [3.05, 3.63) is 58.7 Å². The Morgan fingerprint density at radius 1 is 0.846 bits per heavy atom. The number of hydrogen-bond acceptors (Lipinski definition) is 5. The maximum Gasteiger partial charge on any atom is 0.338 e. The van der Waals surface area contributed by atoms with E-state index in [2.05, 4.69) is 0 Å². The van der Waals surface area contributed by atoms with E-state index in [1.807, 2.05) is 13.8 Å². The maximum absolute atomic E-state index is 12.1. The maximum atomic E-state index is 12.1. The number of fused-ring (bicyclic) bond motifs is 2. The van der Waals surface area contributed by atoms with Crippen molar-refractivity contribution in [2.75, 3.05) is 13.2 Å². The number of carbonyl (C=O) groups is 2. The van der Waals surface area contributed by atoms with E-state index in [1.165, 1.54) is 0 Å². The van der Waals surface area contributed by atoms with Gasteiger partial charge >= 0.3 is 11.9 Å².